The number of piperazine rings is 1. The summed E-state index contributed by atoms with van der Waals surface area (Å²) in [6.07, 6.45) is 1.96. The molecule has 28 heavy (non-hydrogen) atoms. The Balaban J connectivity index is 1.80. The first-order valence-corrected chi connectivity index (χ1v) is 10.4. The van der Waals surface area contributed by atoms with Crippen LogP contribution in [0.1, 0.15) is 59.3 Å². The second kappa shape index (κ2) is 8.55. The van der Waals surface area contributed by atoms with Gasteiger partial charge in [0.1, 0.15) is 5.82 Å². The first kappa shape index (κ1) is 20.7. The number of hydrogen-bond acceptors (Lipinski definition) is 5. The Morgan fingerprint density at radius 2 is 1.79 bits per heavy atom. The van der Waals surface area contributed by atoms with Crippen molar-refractivity contribution in [1.82, 2.24) is 25.1 Å². The number of benzene rings is 1. The predicted molar refractivity (Wildman–Crippen MR) is 110 cm³/mol. The van der Waals surface area contributed by atoms with E-state index in [-0.39, 0.29) is 17.4 Å². The van der Waals surface area contributed by atoms with Crippen LogP contribution in [0.4, 0.5) is 10.1 Å². The van der Waals surface area contributed by atoms with E-state index in [2.05, 4.69) is 59.9 Å². The molecule has 154 valence electrons. The van der Waals surface area contributed by atoms with Gasteiger partial charge in [0, 0.05) is 26.2 Å². The fraction of sp³-hybridized carbons (Fsp3) is 0.667. The predicted octanol–water partition coefficient (Wildman–Crippen LogP) is 3.87. The van der Waals surface area contributed by atoms with E-state index >= 15 is 0 Å². The number of anilines is 1. The second-order valence-electron chi connectivity index (χ2n) is 8.73. The Morgan fingerprint density at radius 1 is 1.11 bits per heavy atom. The van der Waals surface area contributed by atoms with Gasteiger partial charge in [-0.3, -0.25) is 4.90 Å². The molecule has 1 aliphatic rings. The van der Waals surface area contributed by atoms with Crippen molar-refractivity contribution in [3.05, 3.63) is 35.9 Å². The minimum absolute atomic E-state index is 0.122. The third-order valence-corrected chi connectivity index (χ3v) is 5.87. The fourth-order valence-corrected chi connectivity index (χ4v) is 3.83. The van der Waals surface area contributed by atoms with Crippen LogP contribution in [0.2, 0.25) is 0 Å². The first-order valence-electron chi connectivity index (χ1n) is 10.4. The zero-order chi connectivity index (χ0) is 20.3. The van der Waals surface area contributed by atoms with Crippen LogP contribution in [-0.2, 0) is 5.54 Å². The first-order chi connectivity index (χ1) is 13.3. The number of tetrazole rings is 1. The van der Waals surface area contributed by atoms with Crippen LogP contribution in [0, 0.1) is 11.7 Å². The van der Waals surface area contributed by atoms with Crippen molar-refractivity contribution >= 4 is 5.69 Å². The molecule has 0 saturated carbocycles. The van der Waals surface area contributed by atoms with Crippen LogP contribution >= 0.6 is 0 Å². The second-order valence-corrected chi connectivity index (χ2v) is 8.73. The molecule has 0 aliphatic carbocycles. The van der Waals surface area contributed by atoms with E-state index < -0.39 is 0 Å². The molecule has 1 aliphatic heterocycles. The van der Waals surface area contributed by atoms with Gasteiger partial charge in [0.05, 0.1) is 17.3 Å². The van der Waals surface area contributed by atoms with Gasteiger partial charge < -0.3 is 4.90 Å². The third kappa shape index (κ3) is 4.35. The maximum atomic E-state index is 14.2. The van der Waals surface area contributed by atoms with E-state index in [4.69, 9.17) is 0 Å². The molecule has 1 unspecified atom stereocenters. The number of aromatic nitrogens is 4. The topological polar surface area (TPSA) is 50.1 Å². The molecule has 0 radical (unpaired) electrons. The molecular formula is C21H33FN6. The van der Waals surface area contributed by atoms with Crippen LogP contribution in [0.5, 0.6) is 0 Å². The average Bonchev–Trinajstić information content (AvgIpc) is 3.17. The van der Waals surface area contributed by atoms with Crippen LogP contribution < -0.4 is 4.90 Å². The lowest BCUT2D eigenvalue weighted by molar-refractivity contribution is 0.143. The summed E-state index contributed by atoms with van der Waals surface area (Å²) in [6.45, 7) is 14.3. The highest BCUT2D eigenvalue weighted by atomic mass is 19.1. The molecule has 0 amide bonds. The summed E-state index contributed by atoms with van der Waals surface area (Å²) < 4.78 is 16.2. The molecule has 1 aromatic heterocycles. The van der Waals surface area contributed by atoms with Crippen molar-refractivity contribution in [3.8, 4) is 0 Å². The molecule has 6 nitrogen and oxygen atoms in total. The van der Waals surface area contributed by atoms with Gasteiger partial charge >= 0.3 is 0 Å². The normalized spacial score (nSPS) is 17.3. The van der Waals surface area contributed by atoms with Gasteiger partial charge in [-0.15, -0.1) is 5.10 Å². The largest absolute Gasteiger partial charge is 0.367 e. The molecule has 3 rings (SSSR count). The highest BCUT2D eigenvalue weighted by Crippen LogP contribution is 2.31. The molecule has 0 N–H and O–H groups in total. The van der Waals surface area contributed by atoms with Gasteiger partial charge in [-0.2, -0.15) is 0 Å². The molecule has 1 saturated heterocycles. The Kier molecular flexibility index (Phi) is 6.33. The molecule has 1 aromatic carbocycles. The minimum Gasteiger partial charge on any atom is -0.367 e. The summed E-state index contributed by atoms with van der Waals surface area (Å²) in [4.78, 5) is 4.60. The van der Waals surface area contributed by atoms with Crippen molar-refractivity contribution in [2.75, 3.05) is 31.1 Å². The number of para-hydroxylation sites is 1. The molecule has 7 heteroatoms. The number of halogens is 1. The van der Waals surface area contributed by atoms with Gasteiger partial charge in [-0.05, 0) is 55.2 Å². The number of nitrogens with zero attached hydrogens (tertiary/aromatic N) is 6. The van der Waals surface area contributed by atoms with E-state index in [0.29, 0.717) is 11.6 Å². The molecule has 2 aromatic rings. The Labute approximate surface area is 167 Å². The van der Waals surface area contributed by atoms with Gasteiger partial charge in [0.15, 0.2) is 5.82 Å². The van der Waals surface area contributed by atoms with E-state index in [1.54, 1.807) is 6.07 Å². The highest BCUT2D eigenvalue weighted by molar-refractivity contribution is 5.48. The smallest absolute Gasteiger partial charge is 0.168 e. The summed E-state index contributed by atoms with van der Waals surface area (Å²) in [5.41, 5.74) is 0.572. The van der Waals surface area contributed by atoms with Crippen molar-refractivity contribution in [2.45, 2.75) is 59.0 Å². The summed E-state index contributed by atoms with van der Waals surface area (Å²) in [5.74, 6) is 1.33. The summed E-state index contributed by atoms with van der Waals surface area (Å²) in [6, 6.07) is 7.20. The SMILES string of the molecule is CCC(C)(C)n1nnnc1C(CC(C)C)N1CCN(c2ccccc2F)CC1. The van der Waals surface area contributed by atoms with Gasteiger partial charge in [0.25, 0.3) is 0 Å². The fourth-order valence-electron chi connectivity index (χ4n) is 3.83. The monoisotopic (exact) mass is 388 g/mol. The van der Waals surface area contributed by atoms with Crippen molar-refractivity contribution in [1.29, 1.82) is 0 Å². The number of rotatable bonds is 7. The molecular weight excluding hydrogens is 355 g/mol. The Morgan fingerprint density at radius 3 is 2.39 bits per heavy atom. The van der Waals surface area contributed by atoms with Crippen molar-refractivity contribution in [2.24, 2.45) is 5.92 Å². The zero-order valence-corrected chi connectivity index (χ0v) is 17.8. The maximum Gasteiger partial charge on any atom is 0.168 e. The highest BCUT2D eigenvalue weighted by Gasteiger charge is 2.33. The lowest BCUT2D eigenvalue weighted by atomic mass is 9.98. The van der Waals surface area contributed by atoms with E-state index in [1.807, 2.05) is 16.8 Å². The zero-order valence-electron chi connectivity index (χ0n) is 17.8. The van der Waals surface area contributed by atoms with Gasteiger partial charge in [-0.1, -0.05) is 32.9 Å². The summed E-state index contributed by atoms with van der Waals surface area (Å²) in [5, 5.41) is 12.8. The molecule has 0 spiro atoms. The summed E-state index contributed by atoms with van der Waals surface area (Å²) in [7, 11) is 0. The Hall–Kier alpha value is -2.02. The van der Waals surface area contributed by atoms with E-state index in [1.165, 1.54) is 6.07 Å². The standard InChI is InChI=1S/C21H33FN6/c1-6-21(4,5)28-20(23-24-25-28)19(15-16(2)3)27-13-11-26(12-14-27)18-10-8-7-9-17(18)22/h7-10,16,19H,6,11-15H2,1-5H3. The Bertz CT molecular complexity index is 764. The van der Waals surface area contributed by atoms with Gasteiger partial charge in [-0.25, -0.2) is 9.07 Å². The molecule has 1 atom stereocenters. The van der Waals surface area contributed by atoms with Crippen molar-refractivity contribution in [3.63, 3.8) is 0 Å². The summed E-state index contributed by atoms with van der Waals surface area (Å²) >= 11 is 0. The molecule has 2 heterocycles. The van der Waals surface area contributed by atoms with Crippen LogP contribution in [0.15, 0.2) is 24.3 Å². The van der Waals surface area contributed by atoms with Gasteiger partial charge in [0.2, 0.25) is 0 Å². The van der Waals surface area contributed by atoms with Crippen LogP contribution in [0.3, 0.4) is 0 Å². The van der Waals surface area contributed by atoms with Crippen molar-refractivity contribution < 1.29 is 4.39 Å². The lowest BCUT2D eigenvalue weighted by Gasteiger charge is -2.41. The van der Waals surface area contributed by atoms with E-state index in [0.717, 1.165) is 44.8 Å². The quantitative estimate of drug-likeness (QED) is 0.721. The number of hydrogen-bond donors (Lipinski definition) is 0. The maximum absolute atomic E-state index is 14.2. The molecule has 0 bridgehead atoms. The molecule has 1 fully saturated rings. The average molecular weight is 389 g/mol. The lowest BCUT2D eigenvalue weighted by Crippen LogP contribution is -2.49. The third-order valence-electron chi connectivity index (χ3n) is 5.87. The minimum atomic E-state index is -0.150. The van der Waals surface area contributed by atoms with Crippen LogP contribution in [-0.4, -0.2) is 51.3 Å². The van der Waals surface area contributed by atoms with E-state index in [9.17, 15) is 4.39 Å². The van der Waals surface area contributed by atoms with Crippen LogP contribution in [0.25, 0.3) is 0 Å².